The van der Waals surface area contributed by atoms with E-state index in [4.69, 9.17) is 23.7 Å². The van der Waals surface area contributed by atoms with E-state index in [1.807, 2.05) is 0 Å². The SMILES string of the molecule is COCCOCOC1CC2C(C1)C1(C)OC3(CC(C)CCC3C(C)C)OC(=O)C21. The standard InChI is InChI=1S/C23H38O6/c1-14(2)18-7-6-15(3)12-23(18)28-21(24)20-17-10-16(27-13-26-9-8-25-5)11-19(17)22(20,4)29-23/h14-20H,6-13H2,1-5H3. The van der Waals surface area contributed by atoms with Gasteiger partial charge in [0.15, 0.2) is 0 Å². The summed E-state index contributed by atoms with van der Waals surface area (Å²) in [4.78, 5) is 13.2. The number of ether oxygens (including phenoxy) is 5. The highest BCUT2D eigenvalue weighted by atomic mass is 16.7. The fourth-order valence-electron chi connectivity index (χ4n) is 6.74. The molecule has 8 atom stereocenters. The van der Waals surface area contributed by atoms with Crippen LogP contribution in [0.2, 0.25) is 0 Å². The first-order chi connectivity index (χ1) is 13.8. The number of fused-ring (bicyclic) bond motifs is 4. The first-order valence-corrected chi connectivity index (χ1v) is 11.4. The number of hydrogen-bond donors (Lipinski definition) is 0. The summed E-state index contributed by atoms with van der Waals surface area (Å²) in [6.07, 6.45) is 4.98. The predicted octanol–water partition coefficient (Wildman–Crippen LogP) is 3.77. The van der Waals surface area contributed by atoms with Crippen molar-refractivity contribution in [3.8, 4) is 0 Å². The quantitative estimate of drug-likeness (QED) is 0.362. The van der Waals surface area contributed by atoms with E-state index in [0.29, 0.717) is 36.9 Å². The van der Waals surface area contributed by atoms with Crippen LogP contribution in [0.1, 0.15) is 59.8 Å². The van der Waals surface area contributed by atoms with Crippen molar-refractivity contribution in [1.29, 1.82) is 0 Å². The molecule has 1 saturated heterocycles. The summed E-state index contributed by atoms with van der Waals surface area (Å²) in [6, 6.07) is 0. The molecule has 1 heterocycles. The summed E-state index contributed by atoms with van der Waals surface area (Å²) in [6.45, 7) is 10.2. The Morgan fingerprint density at radius 1 is 1.21 bits per heavy atom. The zero-order valence-electron chi connectivity index (χ0n) is 18.6. The van der Waals surface area contributed by atoms with Crippen LogP contribution in [-0.2, 0) is 28.5 Å². The molecule has 6 nitrogen and oxygen atoms in total. The molecule has 6 heteroatoms. The van der Waals surface area contributed by atoms with Crippen molar-refractivity contribution >= 4 is 5.97 Å². The third-order valence-electron chi connectivity index (χ3n) is 8.06. The van der Waals surface area contributed by atoms with E-state index in [1.165, 1.54) is 6.42 Å². The molecule has 4 aliphatic rings. The molecule has 0 aromatic heterocycles. The highest BCUT2D eigenvalue weighted by Gasteiger charge is 2.73. The van der Waals surface area contributed by atoms with Crippen LogP contribution in [-0.4, -0.2) is 50.6 Å². The van der Waals surface area contributed by atoms with Gasteiger partial charge in [-0.1, -0.05) is 20.8 Å². The number of hydrogen-bond acceptors (Lipinski definition) is 6. The molecule has 0 amide bonds. The Hall–Kier alpha value is -0.690. The molecule has 29 heavy (non-hydrogen) atoms. The zero-order valence-corrected chi connectivity index (χ0v) is 18.6. The summed E-state index contributed by atoms with van der Waals surface area (Å²) in [7, 11) is 1.66. The topological polar surface area (TPSA) is 63.2 Å². The van der Waals surface area contributed by atoms with Gasteiger partial charge in [0.25, 0.3) is 0 Å². The van der Waals surface area contributed by atoms with Crippen LogP contribution in [0.3, 0.4) is 0 Å². The largest absolute Gasteiger partial charge is 0.432 e. The molecule has 1 aliphatic heterocycles. The second-order valence-electron chi connectivity index (χ2n) is 10.3. The van der Waals surface area contributed by atoms with Crippen LogP contribution in [0.5, 0.6) is 0 Å². The third kappa shape index (κ3) is 3.64. The molecular weight excluding hydrogens is 372 g/mol. The summed E-state index contributed by atoms with van der Waals surface area (Å²) in [5.74, 6) is 0.901. The Morgan fingerprint density at radius 3 is 2.72 bits per heavy atom. The summed E-state index contributed by atoms with van der Waals surface area (Å²) in [5.41, 5.74) is -0.431. The van der Waals surface area contributed by atoms with Gasteiger partial charge < -0.3 is 23.7 Å². The number of methoxy groups -OCH3 is 1. The van der Waals surface area contributed by atoms with Gasteiger partial charge in [-0.25, -0.2) is 0 Å². The molecule has 0 aromatic carbocycles. The lowest BCUT2D eigenvalue weighted by molar-refractivity contribution is -0.392. The molecule has 0 N–H and O–H groups in total. The van der Waals surface area contributed by atoms with Crippen LogP contribution in [0.15, 0.2) is 0 Å². The van der Waals surface area contributed by atoms with Crippen LogP contribution >= 0.6 is 0 Å². The maximum absolute atomic E-state index is 13.2. The molecular formula is C23H38O6. The lowest BCUT2D eigenvalue weighted by Crippen LogP contribution is -2.72. The van der Waals surface area contributed by atoms with Gasteiger partial charge in [0.2, 0.25) is 5.79 Å². The Balaban J connectivity index is 1.44. The molecule has 4 rings (SSSR count). The third-order valence-corrected chi connectivity index (χ3v) is 8.06. The maximum Gasteiger partial charge on any atom is 0.314 e. The fraction of sp³-hybridized carbons (Fsp3) is 0.957. The van der Waals surface area contributed by atoms with Gasteiger partial charge in [-0.15, -0.1) is 0 Å². The Kier molecular flexibility index (Phi) is 6.02. The minimum absolute atomic E-state index is 0.0447. The zero-order chi connectivity index (χ0) is 20.8. The highest BCUT2D eigenvalue weighted by molar-refractivity contribution is 5.77. The van der Waals surface area contributed by atoms with E-state index in [9.17, 15) is 4.79 Å². The number of rotatable bonds is 7. The van der Waals surface area contributed by atoms with E-state index in [0.717, 1.165) is 25.7 Å². The van der Waals surface area contributed by atoms with Gasteiger partial charge in [-0.2, -0.15) is 0 Å². The molecule has 166 valence electrons. The lowest BCUT2D eigenvalue weighted by Gasteiger charge is -2.64. The van der Waals surface area contributed by atoms with Crippen molar-refractivity contribution in [1.82, 2.24) is 0 Å². The first-order valence-electron chi connectivity index (χ1n) is 11.4. The molecule has 0 aromatic rings. The summed E-state index contributed by atoms with van der Waals surface area (Å²) < 4.78 is 29.5. The smallest absolute Gasteiger partial charge is 0.314 e. The van der Waals surface area contributed by atoms with E-state index in [1.54, 1.807) is 7.11 Å². The Bertz CT molecular complexity index is 608. The van der Waals surface area contributed by atoms with Crippen LogP contribution in [0, 0.1) is 35.5 Å². The van der Waals surface area contributed by atoms with Crippen LogP contribution < -0.4 is 0 Å². The highest BCUT2D eigenvalue weighted by Crippen LogP contribution is 2.65. The Morgan fingerprint density at radius 2 is 2.00 bits per heavy atom. The normalized spacial score (nSPS) is 46.3. The average molecular weight is 411 g/mol. The first kappa shape index (κ1) is 21.5. The van der Waals surface area contributed by atoms with Crippen molar-refractivity contribution in [2.24, 2.45) is 35.5 Å². The molecule has 1 spiro atoms. The van der Waals surface area contributed by atoms with E-state index < -0.39 is 11.4 Å². The second-order valence-corrected chi connectivity index (χ2v) is 10.3. The second kappa shape index (κ2) is 8.10. The molecule has 8 unspecified atom stereocenters. The van der Waals surface area contributed by atoms with Crippen molar-refractivity contribution < 1.29 is 28.5 Å². The van der Waals surface area contributed by atoms with E-state index in [2.05, 4.69) is 27.7 Å². The average Bonchev–Trinajstić information content (AvgIpc) is 3.00. The molecule has 0 bridgehead atoms. The maximum atomic E-state index is 13.2. The van der Waals surface area contributed by atoms with Crippen LogP contribution in [0.25, 0.3) is 0 Å². The van der Waals surface area contributed by atoms with Crippen LogP contribution in [0.4, 0.5) is 0 Å². The lowest BCUT2D eigenvalue weighted by atomic mass is 9.54. The molecule has 3 aliphatic carbocycles. The fourth-order valence-corrected chi connectivity index (χ4v) is 6.74. The number of carbonyl (C=O) groups is 1. The number of carbonyl (C=O) groups excluding carboxylic acids is 1. The van der Waals surface area contributed by atoms with Crippen molar-refractivity contribution in [2.45, 2.75) is 77.3 Å². The monoisotopic (exact) mass is 410 g/mol. The Labute approximate surface area is 174 Å². The van der Waals surface area contributed by atoms with Gasteiger partial charge in [-0.05, 0) is 56.3 Å². The van der Waals surface area contributed by atoms with Gasteiger partial charge >= 0.3 is 5.97 Å². The predicted molar refractivity (Wildman–Crippen MR) is 107 cm³/mol. The van der Waals surface area contributed by atoms with Crippen molar-refractivity contribution in [3.63, 3.8) is 0 Å². The number of esters is 1. The minimum atomic E-state index is -0.749. The van der Waals surface area contributed by atoms with E-state index in [-0.39, 0.29) is 30.7 Å². The van der Waals surface area contributed by atoms with Gasteiger partial charge in [0.05, 0.1) is 30.8 Å². The summed E-state index contributed by atoms with van der Waals surface area (Å²) >= 11 is 0. The van der Waals surface area contributed by atoms with E-state index >= 15 is 0 Å². The van der Waals surface area contributed by atoms with Crippen molar-refractivity contribution in [2.75, 3.05) is 27.1 Å². The molecule has 0 radical (unpaired) electrons. The molecule has 3 saturated carbocycles. The minimum Gasteiger partial charge on any atom is -0.432 e. The van der Waals surface area contributed by atoms with Gasteiger partial charge in [0.1, 0.15) is 6.79 Å². The van der Waals surface area contributed by atoms with Gasteiger partial charge in [0, 0.05) is 19.4 Å². The molecule has 4 fully saturated rings. The summed E-state index contributed by atoms with van der Waals surface area (Å²) in [5, 5.41) is 0. The van der Waals surface area contributed by atoms with Gasteiger partial charge in [-0.3, -0.25) is 4.79 Å². The van der Waals surface area contributed by atoms with Crippen molar-refractivity contribution in [3.05, 3.63) is 0 Å².